The molecule has 0 bridgehead atoms. The number of carbonyl (C=O) groups is 2. The van der Waals surface area contributed by atoms with E-state index < -0.39 is 17.7 Å². The number of pyridine rings is 1. The van der Waals surface area contributed by atoms with E-state index in [1.807, 2.05) is 66.9 Å². The maximum absolute atomic E-state index is 13.7. The average molecular weight is 610 g/mol. The Balaban J connectivity index is 1.46. The van der Waals surface area contributed by atoms with Gasteiger partial charge in [0.2, 0.25) is 5.13 Å². The lowest BCUT2D eigenvalue weighted by molar-refractivity contribution is -0.132. The molecule has 2 aromatic carbocycles. The van der Waals surface area contributed by atoms with E-state index in [0.717, 1.165) is 11.1 Å². The predicted molar refractivity (Wildman–Crippen MR) is 167 cm³/mol. The summed E-state index contributed by atoms with van der Waals surface area (Å²) in [6, 6.07) is 19.8. The van der Waals surface area contributed by atoms with E-state index in [9.17, 15) is 14.7 Å². The van der Waals surface area contributed by atoms with Gasteiger partial charge < -0.3 is 14.2 Å². The molecule has 1 aliphatic heterocycles. The molecule has 216 valence electrons. The second kappa shape index (κ2) is 11.9. The van der Waals surface area contributed by atoms with Gasteiger partial charge >= 0.3 is 5.91 Å². The molecule has 9 nitrogen and oxygen atoms in total. The van der Waals surface area contributed by atoms with Crippen LogP contribution >= 0.6 is 23.1 Å². The number of imidazole rings is 1. The fourth-order valence-electron chi connectivity index (χ4n) is 5.03. The molecule has 1 amide bonds. The molecule has 0 spiro atoms. The van der Waals surface area contributed by atoms with Gasteiger partial charge in [-0.05, 0) is 48.7 Å². The molecular weight excluding hydrogens is 583 g/mol. The number of rotatable bonds is 9. The molecule has 0 radical (unpaired) electrons. The first kappa shape index (κ1) is 28.4. The highest BCUT2D eigenvalue weighted by Crippen LogP contribution is 2.45. The highest BCUT2D eigenvalue weighted by molar-refractivity contribution is 8.00. The smallest absolute Gasteiger partial charge is 0.301 e. The Kier molecular flexibility index (Phi) is 7.83. The third-order valence-corrected chi connectivity index (χ3v) is 9.23. The molecule has 3 aromatic heterocycles. The van der Waals surface area contributed by atoms with Crippen molar-refractivity contribution in [3.05, 3.63) is 119 Å². The van der Waals surface area contributed by atoms with Gasteiger partial charge in [0, 0.05) is 11.9 Å². The van der Waals surface area contributed by atoms with Crippen LogP contribution in [0.5, 0.6) is 5.75 Å². The highest BCUT2D eigenvalue weighted by Gasteiger charge is 2.49. The van der Waals surface area contributed by atoms with E-state index in [1.54, 1.807) is 30.3 Å². The number of Topliss-reactive ketones (excluding diaryl/α,β-unsaturated/α-hetero) is 1. The Morgan fingerprint density at radius 2 is 1.91 bits per heavy atom. The van der Waals surface area contributed by atoms with Crippen molar-refractivity contribution in [2.24, 2.45) is 0 Å². The third-order valence-electron chi connectivity index (χ3n) is 7.10. The number of thioether (sulfide) groups is 1. The Morgan fingerprint density at radius 3 is 2.67 bits per heavy atom. The number of nitrogens with zero attached hydrogens (tertiary/aromatic N) is 5. The number of amides is 1. The summed E-state index contributed by atoms with van der Waals surface area (Å²) < 4.78 is 8.25. The van der Waals surface area contributed by atoms with Crippen LogP contribution < -0.4 is 9.64 Å². The van der Waals surface area contributed by atoms with Crippen LogP contribution in [0.4, 0.5) is 5.13 Å². The first-order valence-electron chi connectivity index (χ1n) is 13.5. The number of aryl methyl sites for hydroxylation is 2. The molecular formula is C32H27N5O4S2. The van der Waals surface area contributed by atoms with Gasteiger partial charge in [-0.3, -0.25) is 14.5 Å². The molecule has 1 N–H and O–H groups in total. The topological polar surface area (TPSA) is 110 Å². The van der Waals surface area contributed by atoms with Crippen molar-refractivity contribution in [3.63, 3.8) is 0 Å². The average Bonchev–Trinajstić information content (AvgIpc) is 3.70. The van der Waals surface area contributed by atoms with Crippen LogP contribution in [0.3, 0.4) is 0 Å². The van der Waals surface area contributed by atoms with Gasteiger partial charge in [0.05, 0.1) is 17.3 Å². The second-order valence-electron chi connectivity index (χ2n) is 9.90. The minimum atomic E-state index is -0.988. The van der Waals surface area contributed by atoms with Crippen molar-refractivity contribution < 1.29 is 19.4 Å². The number of fused-ring (bicyclic) bond motifs is 1. The molecule has 11 heteroatoms. The van der Waals surface area contributed by atoms with Crippen molar-refractivity contribution in [3.8, 4) is 5.75 Å². The van der Waals surface area contributed by atoms with Crippen molar-refractivity contribution in [2.75, 3.05) is 11.5 Å². The van der Waals surface area contributed by atoms with Gasteiger partial charge in [-0.25, -0.2) is 4.98 Å². The Morgan fingerprint density at radius 1 is 1.09 bits per heavy atom. The lowest BCUT2D eigenvalue weighted by atomic mass is 9.96. The first-order valence-corrected chi connectivity index (χ1v) is 15.3. The number of hydrogen-bond acceptors (Lipinski definition) is 9. The number of aliphatic hydroxyl groups is 1. The number of benzene rings is 2. The zero-order chi connectivity index (χ0) is 30.1. The number of aromatic nitrogens is 4. The number of hydrogen-bond donors (Lipinski definition) is 1. The largest absolute Gasteiger partial charge is 0.505 e. The van der Waals surface area contributed by atoms with E-state index in [0.29, 0.717) is 32.7 Å². The van der Waals surface area contributed by atoms with E-state index in [1.165, 1.54) is 28.0 Å². The van der Waals surface area contributed by atoms with Gasteiger partial charge in [0.15, 0.2) is 10.1 Å². The van der Waals surface area contributed by atoms with Crippen LogP contribution in [0, 0.1) is 13.8 Å². The number of carbonyl (C=O) groups excluding carboxylic acids is 2. The van der Waals surface area contributed by atoms with Crippen LogP contribution in [0.2, 0.25) is 0 Å². The van der Waals surface area contributed by atoms with Crippen LogP contribution in [0.25, 0.3) is 11.4 Å². The van der Waals surface area contributed by atoms with Gasteiger partial charge in [-0.1, -0.05) is 84.3 Å². The molecule has 1 unspecified atom stereocenters. The van der Waals surface area contributed by atoms with Crippen molar-refractivity contribution in [1.82, 2.24) is 19.6 Å². The molecule has 0 saturated carbocycles. The Labute approximate surface area is 256 Å². The van der Waals surface area contributed by atoms with Crippen molar-refractivity contribution in [2.45, 2.75) is 30.0 Å². The van der Waals surface area contributed by atoms with Crippen LogP contribution in [-0.4, -0.2) is 43.0 Å². The zero-order valence-electron chi connectivity index (χ0n) is 23.4. The quantitative estimate of drug-likeness (QED) is 0.0519. The molecule has 0 aliphatic carbocycles. The second-order valence-corrected chi connectivity index (χ2v) is 12.1. The number of anilines is 1. The van der Waals surface area contributed by atoms with E-state index >= 15 is 0 Å². The van der Waals surface area contributed by atoms with Gasteiger partial charge in [-0.2, -0.15) is 0 Å². The summed E-state index contributed by atoms with van der Waals surface area (Å²) in [6.45, 7) is 7.71. The monoisotopic (exact) mass is 609 g/mol. The molecule has 6 rings (SSSR count). The fraction of sp³-hybridized carbons (Fsp3) is 0.156. The summed E-state index contributed by atoms with van der Waals surface area (Å²) in [5.74, 6) is -0.794. The third kappa shape index (κ3) is 5.33. The SMILES string of the molecule is C=CCOc1cccc(C2/C(=C(\O)c3nc4c(C)cccn4c3C)C(=O)C(=O)N2c2nnc(SCc3ccccc3)s2)c1. The van der Waals surface area contributed by atoms with Crippen LogP contribution in [0.15, 0.2) is 95.5 Å². The van der Waals surface area contributed by atoms with Gasteiger partial charge in [0.1, 0.15) is 23.7 Å². The van der Waals surface area contributed by atoms with E-state index in [-0.39, 0.29) is 28.8 Å². The molecule has 1 aliphatic rings. The molecule has 5 aromatic rings. The van der Waals surface area contributed by atoms with Gasteiger partial charge in [-0.15, -0.1) is 10.2 Å². The number of ether oxygens (including phenoxy) is 1. The molecule has 1 atom stereocenters. The van der Waals surface area contributed by atoms with Crippen molar-refractivity contribution in [1.29, 1.82) is 0 Å². The molecule has 1 saturated heterocycles. The number of ketones is 1. The molecule has 43 heavy (non-hydrogen) atoms. The Hall–Kier alpha value is -4.74. The van der Waals surface area contributed by atoms with Crippen LogP contribution in [0.1, 0.15) is 34.1 Å². The maximum Gasteiger partial charge on any atom is 0.301 e. The fourth-order valence-corrected chi connectivity index (χ4v) is 6.85. The standard InChI is InChI=1S/C32H27N5O4S2/c1-4-16-41-23-14-8-13-22(17-23)26-24(27(38)25-20(3)36-15-9-10-19(2)29(36)33-25)28(39)30(40)37(26)31-34-35-32(43-31)42-18-21-11-6-5-7-12-21/h4-15,17,26,38H,1,16,18H2,2-3H3/b27-24+. The lowest BCUT2D eigenvalue weighted by Gasteiger charge is -2.22. The van der Waals surface area contributed by atoms with E-state index in [2.05, 4.69) is 21.8 Å². The summed E-state index contributed by atoms with van der Waals surface area (Å²) in [4.78, 5) is 33.4. The normalized spacial score (nSPS) is 16.2. The summed E-state index contributed by atoms with van der Waals surface area (Å²) in [5, 5.41) is 20.6. The minimum absolute atomic E-state index is 0.0799. The van der Waals surface area contributed by atoms with Crippen molar-refractivity contribution >= 4 is 51.3 Å². The minimum Gasteiger partial charge on any atom is -0.505 e. The Bertz CT molecular complexity index is 1900. The molecule has 4 heterocycles. The zero-order valence-corrected chi connectivity index (χ0v) is 25.1. The molecule has 1 fully saturated rings. The summed E-state index contributed by atoms with van der Waals surface area (Å²) in [7, 11) is 0. The lowest BCUT2D eigenvalue weighted by Crippen LogP contribution is -2.29. The number of aliphatic hydroxyl groups excluding tert-OH is 1. The maximum atomic E-state index is 13.7. The van der Waals surface area contributed by atoms with E-state index in [4.69, 9.17) is 4.74 Å². The van der Waals surface area contributed by atoms with Gasteiger partial charge in [0.25, 0.3) is 5.78 Å². The summed E-state index contributed by atoms with van der Waals surface area (Å²) in [5.41, 5.74) is 4.03. The summed E-state index contributed by atoms with van der Waals surface area (Å²) >= 11 is 2.71. The van der Waals surface area contributed by atoms with Crippen LogP contribution in [-0.2, 0) is 15.3 Å². The predicted octanol–water partition coefficient (Wildman–Crippen LogP) is 6.29. The highest BCUT2D eigenvalue weighted by atomic mass is 32.2. The first-order chi connectivity index (χ1) is 20.9. The summed E-state index contributed by atoms with van der Waals surface area (Å²) in [6.07, 6.45) is 3.47.